The first-order valence-corrected chi connectivity index (χ1v) is 16.7. The predicted molar refractivity (Wildman–Crippen MR) is 203 cm³/mol. The number of aromatic nitrogens is 6. The van der Waals surface area contributed by atoms with E-state index in [1.54, 1.807) is 0 Å². The average Bonchev–Trinajstić information content (AvgIpc) is 3.71. The van der Waals surface area contributed by atoms with Crippen LogP contribution in [-0.2, 0) is 0 Å². The van der Waals surface area contributed by atoms with Crippen molar-refractivity contribution in [3.63, 3.8) is 0 Å². The molecule has 10 rings (SSSR count). The summed E-state index contributed by atoms with van der Waals surface area (Å²) in [7, 11) is 0. The van der Waals surface area contributed by atoms with Gasteiger partial charge in [-0.15, -0.1) is 0 Å². The molecule has 50 heavy (non-hydrogen) atoms. The van der Waals surface area contributed by atoms with Gasteiger partial charge in [0.2, 0.25) is 5.95 Å². The lowest BCUT2D eigenvalue weighted by molar-refractivity contribution is 0.953. The zero-order valence-electron chi connectivity index (χ0n) is 26.8. The first-order valence-electron chi connectivity index (χ1n) is 16.7. The van der Waals surface area contributed by atoms with Gasteiger partial charge in [-0.2, -0.15) is 9.97 Å². The Kier molecular flexibility index (Phi) is 6.39. The van der Waals surface area contributed by atoms with Gasteiger partial charge in [0.05, 0.1) is 27.6 Å². The molecule has 0 saturated carbocycles. The molecule has 0 N–H and O–H groups in total. The Hall–Kier alpha value is -6.92. The summed E-state index contributed by atoms with van der Waals surface area (Å²) in [6, 6.07) is 56.6. The van der Waals surface area contributed by atoms with E-state index >= 15 is 0 Å². The summed E-state index contributed by atoms with van der Waals surface area (Å²) in [6.07, 6.45) is 1.87. The quantitative estimate of drug-likeness (QED) is 0.188. The second kappa shape index (κ2) is 11.4. The second-order valence-corrected chi connectivity index (χ2v) is 12.3. The first kappa shape index (κ1) is 28.1. The summed E-state index contributed by atoms with van der Waals surface area (Å²) in [5, 5.41) is 3.37. The SMILES string of the molecule is c1ccc(-c2nc(-c3ccccc3)nc(-n3c4ccccc4c4cc(-c5cccc6c7ncccc7n(-c7ccccc7)c56)ccc43)n2)cc1. The van der Waals surface area contributed by atoms with Gasteiger partial charge in [-0.05, 0) is 48.0 Å². The topological polar surface area (TPSA) is 61.4 Å². The molecule has 0 spiro atoms. The van der Waals surface area contributed by atoms with Crippen LogP contribution in [0.25, 0.3) is 89.3 Å². The Morgan fingerprint density at radius 3 is 1.76 bits per heavy atom. The highest BCUT2D eigenvalue weighted by Crippen LogP contribution is 2.40. The molecule has 0 aliphatic rings. The minimum absolute atomic E-state index is 0.578. The van der Waals surface area contributed by atoms with Crippen molar-refractivity contribution in [2.24, 2.45) is 0 Å². The summed E-state index contributed by atoms with van der Waals surface area (Å²) < 4.78 is 4.50. The Morgan fingerprint density at radius 2 is 1.02 bits per heavy atom. The largest absolute Gasteiger partial charge is 0.307 e. The number of rotatable bonds is 5. The van der Waals surface area contributed by atoms with Gasteiger partial charge in [-0.3, -0.25) is 9.55 Å². The van der Waals surface area contributed by atoms with E-state index in [4.69, 9.17) is 19.9 Å². The fourth-order valence-electron chi connectivity index (χ4n) is 7.21. The monoisotopic (exact) mass is 640 g/mol. The van der Waals surface area contributed by atoms with Crippen LogP contribution in [0.4, 0.5) is 0 Å². The normalized spacial score (nSPS) is 11.6. The van der Waals surface area contributed by atoms with Crippen molar-refractivity contribution in [2.45, 2.75) is 0 Å². The standard InChI is InChI=1S/C44H28N6/c1-4-14-29(15-5-1)42-46-43(30-16-6-2-7-17-30)48-44(47-42)50-37-23-11-10-20-34(37)36-28-31(25-26-38(36)50)33-21-12-22-35-40-39(24-13-27-45-40)49(41(33)35)32-18-8-3-9-19-32/h1-28H. The van der Waals surface area contributed by atoms with Crippen LogP contribution in [0.3, 0.4) is 0 Å². The molecule has 0 radical (unpaired) electrons. The van der Waals surface area contributed by atoms with Crippen molar-refractivity contribution in [3.8, 4) is 45.5 Å². The van der Waals surface area contributed by atoms with E-state index in [1.165, 1.54) is 0 Å². The molecular formula is C44H28N6. The van der Waals surface area contributed by atoms with Gasteiger partial charge in [-0.25, -0.2) is 4.98 Å². The van der Waals surface area contributed by atoms with Crippen LogP contribution >= 0.6 is 0 Å². The molecule has 4 aromatic heterocycles. The Bertz CT molecular complexity index is 2800. The van der Waals surface area contributed by atoms with E-state index in [-0.39, 0.29) is 0 Å². The van der Waals surface area contributed by atoms with E-state index in [1.807, 2.05) is 72.9 Å². The van der Waals surface area contributed by atoms with Crippen molar-refractivity contribution in [2.75, 3.05) is 0 Å². The molecular weight excluding hydrogens is 613 g/mol. The van der Waals surface area contributed by atoms with Crippen LogP contribution in [0, 0.1) is 0 Å². The molecule has 0 unspecified atom stereocenters. The molecule has 6 aromatic carbocycles. The van der Waals surface area contributed by atoms with Crippen molar-refractivity contribution in [1.82, 2.24) is 29.1 Å². The van der Waals surface area contributed by atoms with E-state index in [9.17, 15) is 0 Å². The maximum absolute atomic E-state index is 5.09. The first-order chi connectivity index (χ1) is 24.8. The average molecular weight is 641 g/mol. The summed E-state index contributed by atoms with van der Waals surface area (Å²) in [5.74, 6) is 1.84. The fraction of sp³-hybridized carbons (Fsp3) is 0. The van der Waals surface area contributed by atoms with Gasteiger partial charge in [0.15, 0.2) is 11.6 Å². The van der Waals surface area contributed by atoms with Crippen LogP contribution in [0.2, 0.25) is 0 Å². The van der Waals surface area contributed by atoms with Crippen LogP contribution in [-0.4, -0.2) is 29.1 Å². The van der Waals surface area contributed by atoms with Gasteiger partial charge >= 0.3 is 0 Å². The molecule has 4 heterocycles. The summed E-state index contributed by atoms with van der Waals surface area (Å²) in [6.45, 7) is 0. The van der Waals surface area contributed by atoms with Crippen molar-refractivity contribution < 1.29 is 0 Å². The van der Waals surface area contributed by atoms with Crippen LogP contribution in [0.15, 0.2) is 170 Å². The molecule has 0 atom stereocenters. The van der Waals surface area contributed by atoms with Crippen LogP contribution in [0.5, 0.6) is 0 Å². The molecule has 0 fully saturated rings. The maximum atomic E-state index is 5.09. The molecule has 6 nitrogen and oxygen atoms in total. The summed E-state index contributed by atoms with van der Waals surface area (Å²) in [4.78, 5) is 20.0. The third-order valence-corrected chi connectivity index (χ3v) is 9.43. The fourth-order valence-corrected chi connectivity index (χ4v) is 7.21. The smallest absolute Gasteiger partial charge is 0.238 e. The minimum Gasteiger partial charge on any atom is -0.307 e. The van der Waals surface area contributed by atoms with Gasteiger partial charge in [0, 0.05) is 44.7 Å². The number of nitrogens with zero attached hydrogens (tertiary/aromatic N) is 6. The Labute approximate surface area is 287 Å². The summed E-state index contributed by atoms with van der Waals surface area (Å²) in [5.41, 5.74) is 10.5. The number of benzene rings is 6. The second-order valence-electron chi connectivity index (χ2n) is 12.3. The van der Waals surface area contributed by atoms with E-state index in [0.29, 0.717) is 17.6 Å². The van der Waals surface area contributed by atoms with Gasteiger partial charge in [-0.1, -0.05) is 121 Å². The zero-order valence-corrected chi connectivity index (χ0v) is 26.8. The van der Waals surface area contributed by atoms with E-state index in [2.05, 4.69) is 106 Å². The lowest BCUT2D eigenvalue weighted by Gasteiger charge is -2.12. The predicted octanol–water partition coefficient (Wildman–Crippen LogP) is 10.5. The van der Waals surface area contributed by atoms with Crippen molar-refractivity contribution in [1.29, 1.82) is 0 Å². The van der Waals surface area contributed by atoms with E-state index in [0.717, 1.165) is 71.7 Å². The molecule has 10 aromatic rings. The lowest BCUT2D eigenvalue weighted by atomic mass is 10.0. The van der Waals surface area contributed by atoms with Crippen LogP contribution in [0.1, 0.15) is 0 Å². The highest BCUT2D eigenvalue weighted by atomic mass is 15.2. The number of hydrogen-bond donors (Lipinski definition) is 0. The number of pyridine rings is 1. The Balaban J connectivity index is 1.23. The van der Waals surface area contributed by atoms with Crippen LogP contribution < -0.4 is 0 Å². The number of hydrogen-bond acceptors (Lipinski definition) is 4. The Morgan fingerprint density at radius 1 is 0.400 bits per heavy atom. The number of fused-ring (bicyclic) bond motifs is 6. The molecule has 0 amide bonds. The number of para-hydroxylation sites is 3. The molecule has 0 aliphatic heterocycles. The highest BCUT2D eigenvalue weighted by molar-refractivity contribution is 6.14. The van der Waals surface area contributed by atoms with Crippen molar-refractivity contribution in [3.05, 3.63) is 170 Å². The van der Waals surface area contributed by atoms with Gasteiger partial charge in [0.25, 0.3) is 0 Å². The van der Waals surface area contributed by atoms with Gasteiger partial charge in [0.1, 0.15) is 0 Å². The summed E-state index contributed by atoms with van der Waals surface area (Å²) >= 11 is 0. The lowest BCUT2D eigenvalue weighted by Crippen LogP contribution is -2.06. The molecule has 0 bridgehead atoms. The zero-order chi connectivity index (χ0) is 33.0. The van der Waals surface area contributed by atoms with Crippen molar-refractivity contribution >= 4 is 43.7 Å². The maximum Gasteiger partial charge on any atom is 0.238 e. The third kappa shape index (κ3) is 4.43. The molecule has 234 valence electrons. The molecule has 6 heteroatoms. The molecule has 0 aliphatic carbocycles. The van der Waals surface area contributed by atoms with Gasteiger partial charge < -0.3 is 4.57 Å². The third-order valence-electron chi connectivity index (χ3n) is 9.43. The highest BCUT2D eigenvalue weighted by Gasteiger charge is 2.20. The molecule has 0 saturated heterocycles. The van der Waals surface area contributed by atoms with E-state index < -0.39 is 0 Å². The minimum atomic E-state index is 0.578.